The number of pyridine rings is 1. The van der Waals surface area contributed by atoms with Crippen LogP contribution >= 0.6 is 21.6 Å². The van der Waals surface area contributed by atoms with Gasteiger partial charge in [-0.1, -0.05) is 53.2 Å². The number of carbonyl (C=O) groups is 2. The molecule has 0 saturated heterocycles. The highest BCUT2D eigenvalue weighted by Crippen LogP contribution is 2.47. The zero-order valence-corrected chi connectivity index (χ0v) is 25.0. The van der Waals surface area contributed by atoms with Crippen molar-refractivity contribution in [2.45, 2.75) is 49.0 Å². The molecule has 3 aliphatic rings. The van der Waals surface area contributed by atoms with Crippen LogP contribution in [0.25, 0.3) is 6.08 Å². The molecule has 0 fully saturated rings. The number of anilines is 1. The Morgan fingerprint density at radius 2 is 2.02 bits per heavy atom. The number of phenolic OH excluding ortho intramolecular Hbond substituents is 1. The molecule has 1 aliphatic carbocycles. The number of quaternary nitrogens is 1. The highest BCUT2D eigenvalue weighted by atomic mass is 33.1. The van der Waals surface area contributed by atoms with E-state index in [-0.39, 0.29) is 46.1 Å². The summed E-state index contributed by atoms with van der Waals surface area (Å²) in [6.45, 7) is 3.82. The van der Waals surface area contributed by atoms with Crippen molar-refractivity contribution in [3.63, 3.8) is 0 Å². The van der Waals surface area contributed by atoms with E-state index in [4.69, 9.17) is 10.5 Å². The summed E-state index contributed by atoms with van der Waals surface area (Å²) in [5.41, 5.74) is 9.99. The van der Waals surface area contributed by atoms with Crippen molar-refractivity contribution in [2.75, 3.05) is 26.1 Å². The predicted octanol–water partition coefficient (Wildman–Crippen LogP) is 4.15. The Morgan fingerprint density at radius 1 is 1.17 bits per heavy atom. The number of phenols is 1. The van der Waals surface area contributed by atoms with Gasteiger partial charge in [-0.25, -0.2) is 4.98 Å². The lowest BCUT2D eigenvalue weighted by Crippen LogP contribution is -3.07. The van der Waals surface area contributed by atoms with Crippen LogP contribution in [-0.2, 0) is 9.59 Å². The van der Waals surface area contributed by atoms with Crippen LogP contribution in [0.4, 0.5) is 5.82 Å². The number of hydrogen-bond acceptors (Lipinski definition) is 9. The fourth-order valence-electron chi connectivity index (χ4n) is 5.60. The van der Waals surface area contributed by atoms with Crippen molar-refractivity contribution in [3.05, 3.63) is 77.3 Å². The highest BCUT2D eigenvalue weighted by Gasteiger charge is 2.30. The van der Waals surface area contributed by atoms with Gasteiger partial charge in [0.05, 0.1) is 31.5 Å². The van der Waals surface area contributed by atoms with E-state index in [0.717, 1.165) is 48.3 Å². The Morgan fingerprint density at radius 3 is 2.78 bits per heavy atom. The number of ether oxygens (including phenoxy) is 1. The molecule has 3 heterocycles. The molecule has 5 atom stereocenters. The van der Waals surface area contributed by atoms with Gasteiger partial charge in [0.1, 0.15) is 17.8 Å². The molecule has 1 unspecified atom stereocenters. The van der Waals surface area contributed by atoms with Crippen LogP contribution in [0.1, 0.15) is 66.0 Å². The van der Waals surface area contributed by atoms with E-state index in [9.17, 15) is 14.7 Å². The van der Waals surface area contributed by atoms with Gasteiger partial charge in [-0.2, -0.15) is 0 Å². The third kappa shape index (κ3) is 6.82. The quantitative estimate of drug-likeness (QED) is 0.236. The second-order valence-electron chi connectivity index (χ2n) is 10.7. The molecule has 2 aliphatic heterocycles. The number of aromatic hydroxyl groups is 1. The first-order chi connectivity index (χ1) is 19.9. The molecule has 0 saturated carbocycles. The zero-order valence-electron chi connectivity index (χ0n) is 23.3. The molecule has 4 bridgehead atoms. The van der Waals surface area contributed by atoms with Gasteiger partial charge in [-0.15, -0.1) is 0 Å². The van der Waals surface area contributed by atoms with E-state index in [2.05, 4.69) is 41.6 Å². The summed E-state index contributed by atoms with van der Waals surface area (Å²) in [6.07, 6.45) is 15.4. The lowest BCUT2D eigenvalue weighted by Gasteiger charge is -2.29. The molecule has 2 aromatic rings. The van der Waals surface area contributed by atoms with Gasteiger partial charge in [0.25, 0.3) is 0 Å². The second kappa shape index (κ2) is 13.2. The number of carbonyl (C=O) groups excluding carboxylic acids is 2. The smallest absolute Gasteiger partial charge is 0.163 e. The summed E-state index contributed by atoms with van der Waals surface area (Å²) in [4.78, 5) is 31.4. The van der Waals surface area contributed by atoms with Crippen molar-refractivity contribution in [1.82, 2.24) is 10.3 Å². The monoisotopic (exact) mass is 593 g/mol. The number of fused-ring (bicyclic) bond motifs is 7. The van der Waals surface area contributed by atoms with Crippen molar-refractivity contribution in [1.29, 1.82) is 0 Å². The summed E-state index contributed by atoms with van der Waals surface area (Å²) in [5, 5.41) is 14.3. The Hall–Kier alpha value is -3.21. The third-order valence-corrected chi connectivity index (χ3v) is 11.2. The molecule has 1 aromatic carbocycles. The van der Waals surface area contributed by atoms with Crippen molar-refractivity contribution < 1.29 is 24.3 Å². The molecule has 0 spiro atoms. The molecule has 216 valence electrons. The van der Waals surface area contributed by atoms with Gasteiger partial charge in [0.2, 0.25) is 0 Å². The first-order valence-electron chi connectivity index (χ1n) is 14.0. The van der Waals surface area contributed by atoms with Crippen LogP contribution in [0.2, 0.25) is 0 Å². The topological polar surface area (TPSA) is 119 Å². The number of hydrogen-bond donors (Lipinski definition) is 4. The van der Waals surface area contributed by atoms with E-state index >= 15 is 0 Å². The first kappa shape index (κ1) is 29.3. The number of nitrogens with two attached hydrogens (primary N) is 1. The van der Waals surface area contributed by atoms with Gasteiger partial charge >= 0.3 is 0 Å². The molecule has 0 amide bonds. The van der Waals surface area contributed by atoms with E-state index in [1.54, 1.807) is 18.2 Å². The molecule has 10 heteroatoms. The normalized spacial score (nSPS) is 27.9. The van der Waals surface area contributed by atoms with Gasteiger partial charge in [-0.05, 0) is 53.3 Å². The van der Waals surface area contributed by atoms with E-state index < -0.39 is 0 Å². The number of rotatable bonds is 4. The van der Waals surface area contributed by atoms with Crippen molar-refractivity contribution in [3.8, 4) is 11.5 Å². The molecular weight excluding hydrogens is 556 g/mol. The maximum absolute atomic E-state index is 12.8. The highest BCUT2D eigenvalue weighted by molar-refractivity contribution is 8.77. The van der Waals surface area contributed by atoms with Gasteiger partial charge in [0, 0.05) is 29.3 Å². The van der Waals surface area contributed by atoms with E-state index in [0.29, 0.717) is 18.0 Å². The molecule has 5 rings (SSSR count). The fourth-order valence-corrected chi connectivity index (χ4v) is 9.04. The SMILES string of the molecule is CC[C@H]1CCC(=O)CC(=O)/C=C/c2cc(OC)c(O)cc2[C@@H]2/C=C/[C@H]1SS[C@@H](C[NH+]1C=CNC1)c1cc2cnc1N. The van der Waals surface area contributed by atoms with Crippen molar-refractivity contribution >= 4 is 45.0 Å². The number of allylic oxidation sites excluding steroid dienone is 2. The largest absolute Gasteiger partial charge is 0.504 e. The average molecular weight is 594 g/mol. The Bertz CT molecular complexity index is 1390. The first-order valence-corrected chi connectivity index (χ1v) is 16.3. The van der Waals surface area contributed by atoms with Crippen LogP contribution < -0.4 is 20.7 Å². The minimum absolute atomic E-state index is 0.0131. The van der Waals surface area contributed by atoms with E-state index in [1.165, 1.54) is 18.1 Å². The predicted molar refractivity (Wildman–Crippen MR) is 166 cm³/mol. The number of methoxy groups -OCH3 is 1. The standard InChI is InChI=1S/C31H36N4O4S2/c1-3-19-4-6-22(36)14-23(37)7-5-20-13-28(39-2)27(38)15-25(20)24-8-9-29(19)40-41-30(17-35-11-10-33-18-35)26-12-21(24)16-34-31(26)32/h5,7-13,15-16,19,24,29-30,33,38H,3-4,6,14,17-18H2,1-2H3,(H2,32,34)/p+1/b7-5+,9-8+/t19-,24+,29+,30-/m0/s1. The van der Waals surface area contributed by atoms with Crippen molar-refractivity contribution in [2.24, 2.45) is 5.92 Å². The van der Waals surface area contributed by atoms with Gasteiger partial charge in [0.15, 0.2) is 24.0 Å². The van der Waals surface area contributed by atoms with E-state index in [1.807, 2.05) is 34.0 Å². The Balaban J connectivity index is 1.69. The average Bonchev–Trinajstić information content (AvgIpc) is 3.47. The fraction of sp³-hybridized carbons (Fsp3) is 0.387. The minimum atomic E-state index is -0.261. The lowest BCUT2D eigenvalue weighted by atomic mass is 9.85. The van der Waals surface area contributed by atoms with Crippen LogP contribution in [0.3, 0.4) is 0 Å². The lowest BCUT2D eigenvalue weighted by molar-refractivity contribution is -0.842. The van der Waals surface area contributed by atoms with Crippen LogP contribution in [0, 0.1) is 5.92 Å². The molecule has 5 N–H and O–H groups in total. The summed E-state index contributed by atoms with van der Waals surface area (Å²) in [6, 6.07) is 5.57. The van der Waals surface area contributed by atoms with Gasteiger partial charge in [-0.3, -0.25) is 14.5 Å². The summed E-state index contributed by atoms with van der Waals surface area (Å²) < 4.78 is 5.40. The summed E-state index contributed by atoms with van der Waals surface area (Å²) >= 11 is 0. The zero-order chi connectivity index (χ0) is 28.9. The molecule has 41 heavy (non-hydrogen) atoms. The van der Waals surface area contributed by atoms with Gasteiger partial charge < -0.3 is 20.9 Å². The second-order valence-corrected chi connectivity index (χ2v) is 13.4. The number of benzene rings is 1. The number of nitrogens with one attached hydrogen (secondary N) is 2. The summed E-state index contributed by atoms with van der Waals surface area (Å²) in [7, 11) is 5.13. The number of Topliss-reactive ketones (excluding diaryl/α,β-unsaturated/α-hetero) is 1. The Labute approximate surface area is 248 Å². The number of aromatic nitrogens is 1. The van der Waals surface area contributed by atoms with Crippen LogP contribution in [-0.4, -0.2) is 47.2 Å². The molecular formula is C31H37N4O4S2+. The van der Waals surface area contributed by atoms with Crippen LogP contribution in [0.5, 0.6) is 11.5 Å². The Kier molecular flexibility index (Phi) is 9.42. The number of ketones is 2. The van der Waals surface area contributed by atoms with Crippen LogP contribution in [0.15, 0.2) is 55.0 Å². The molecule has 8 nitrogen and oxygen atoms in total. The molecule has 1 aromatic heterocycles. The minimum Gasteiger partial charge on any atom is -0.504 e. The number of nitrogens with zero attached hydrogens (tertiary/aromatic N) is 1. The maximum atomic E-state index is 12.8. The summed E-state index contributed by atoms with van der Waals surface area (Å²) in [5.74, 6) is 0.547. The third-order valence-electron chi connectivity index (χ3n) is 7.99. The molecule has 0 radical (unpaired) electrons. The maximum Gasteiger partial charge on any atom is 0.163 e. The number of nitrogen functional groups attached to an aromatic ring is 1.